The smallest absolute Gasteiger partial charge is 0.305 e. The first kappa shape index (κ1) is 28.5. The molecule has 38 heavy (non-hydrogen) atoms. The summed E-state index contributed by atoms with van der Waals surface area (Å²) in [5.41, 5.74) is 2.33. The molecule has 2 bridgehead atoms. The van der Waals surface area contributed by atoms with Crippen LogP contribution >= 0.6 is 11.6 Å². The molecule has 0 aliphatic carbocycles. The Bertz CT molecular complexity index is 1170. The van der Waals surface area contributed by atoms with Gasteiger partial charge in [-0.25, -0.2) is 0 Å². The second-order valence-corrected chi connectivity index (χ2v) is 10.1. The molecule has 2 aliphatic rings. The molecule has 0 amide bonds. The Balaban J connectivity index is 1.59. The predicted octanol–water partition coefficient (Wildman–Crippen LogP) is 3.07. The van der Waals surface area contributed by atoms with Gasteiger partial charge < -0.3 is 34.4 Å². The average Bonchev–Trinajstić information content (AvgIpc) is 3.30. The van der Waals surface area contributed by atoms with Crippen LogP contribution in [-0.2, 0) is 36.1 Å². The molecule has 2 saturated heterocycles. The van der Waals surface area contributed by atoms with E-state index in [4.69, 9.17) is 30.6 Å². The number of fused-ring (bicyclic) bond motifs is 2. The minimum Gasteiger partial charge on any atom is -0.462 e. The Morgan fingerprint density at radius 3 is 2.55 bits per heavy atom. The maximum absolute atomic E-state index is 12.0. The third kappa shape index (κ3) is 5.45. The third-order valence-corrected chi connectivity index (χ3v) is 7.31. The molecule has 0 radical (unpaired) electrons. The molecule has 2 aromatic rings. The highest BCUT2D eigenvalue weighted by molar-refractivity contribution is 6.31. The standard InChI is InChI=1S/C28H34ClNO8/c1-4-6-23(31)35-15-27-16-36-28(38-27,26(34)24(32)25(27)33)21-11-12-22(29)20(14-21)13-18-7-9-19(10-8-18)17(3)30-37-5-2/h7-12,14,24-26,32-34H,4-6,13,15-16H2,1-3H3/b30-17+/t24?,25-,26+,27-,28-/m0/s1. The zero-order chi connectivity index (χ0) is 27.5. The van der Waals surface area contributed by atoms with Crippen molar-refractivity contribution in [2.24, 2.45) is 5.16 Å². The summed E-state index contributed by atoms with van der Waals surface area (Å²) < 4.78 is 17.5. The zero-order valence-electron chi connectivity index (χ0n) is 21.7. The molecule has 2 heterocycles. The van der Waals surface area contributed by atoms with Crippen LogP contribution in [0.4, 0.5) is 0 Å². The first-order valence-corrected chi connectivity index (χ1v) is 13.1. The van der Waals surface area contributed by atoms with Crippen LogP contribution in [0.25, 0.3) is 0 Å². The van der Waals surface area contributed by atoms with E-state index in [1.807, 2.05) is 45.0 Å². The normalized spacial score (nSPS) is 28.8. The summed E-state index contributed by atoms with van der Waals surface area (Å²) in [7, 11) is 0. The van der Waals surface area contributed by atoms with Crippen LogP contribution < -0.4 is 0 Å². The first-order chi connectivity index (χ1) is 18.2. The van der Waals surface area contributed by atoms with Crippen LogP contribution in [0.1, 0.15) is 55.9 Å². The summed E-state index contributed by atoms with van der Waals surface area (Å²) in [6.07, 6.45) is -3.42. The van der Waals surface area contributed by atoms with Gasteiger partial charge in [0.25, 0.3) is 0 Å². The number of oxime groups is 1. The minimum absolute atomic E-state index is 0.191. The lowest BCUT2D eigenvalue weighted by Gasteiger charge is -2.46. The Labute approximate surface area is 226 Å². The van der Waals surface area contributed by atoms with Gasteiger partial charge in [0, 0.05) is 17.0 Å². The van der Waals surface area contributed by atoms with Crippen LogP contribution in [0.5, 0.6) is 0 Å². The quantitative estimate of drug-likeness (QED) is 0.235. The molecule has 2 aliphatic heterocycles. The molecule has 206 valence electrons. The van der Waals surface area contributed by atoms with E-state index >= 15 is 0 Å². The van der Waals surface area contributed by atoms with E-state index in [0.29, 0.717) is 30.0 Å². The fourth-order valence-electron chi connectivity index (χ4n) is 4.76. The van der Waals surface area contributed by atoms with Gasteiger partial charge in [-0.1, -0.05) is 54.0 Å². The highest BCUT2D eigenvalue weighted by Crippen LogP contribution is 2.50. The minimum atomic E-state index is -1.77. The summed E-state index contributed by atoms with van der Waals surface area (Å²) in [6, 6.07) is 12.9. The first-order valence-electron chi connectivity index (χ1n) is 12.7. The Hall–Kier alpha value is -2.53. The largest absolute Gasteiger partial charge is 0.462 e. The molecule has 2 fully saturated rings. The summed E-state index contributed by atoms with van der Waals surface area (Å²) in [6.45, 7) is 5.57. The predicted molar refractivity (Wildman–Crippen MR) is 140 cm³/mol. The van der Waals surface area contributed by atoms with Gasteiger partial charge in [-0.05, 0) is 55.5 Å². The molecular weight excluding hydrogens is 514 g/mol. The van der Waals surface area contributed by atoms with Crippen LogP contribution in [-0.4, -0.2) is 70.7 Å². The van der Waals surface area contributed by atoms with E-state index in [1.165, 1.54) is 0 Å². The topological polar surface area (TPSA) is 127 Å². The molecule has 5 atom stereocenters. The molecule has 0 aromatic heterocycles. The number of aliphatic hydroxyl groups is 3. The van der Waals surface area contributed by atoms with Gasteiger partial charge in [0.1, 0.15) is 31.5 Å². The summed E-state index contributed by atoms with van der Waals surface area (Å²) >= 11 is 6.53. The number of benzene rings is 2. The van der Waals surface area contributed by atoms with Crippen molar-refractivity contribution in [1.82, 2.24) is 0 Å². The van der Waals surface area contributed by atoms with Crippen molar-refractivity contribution in [3.63, 3.8) is 0 Å². The number of esters is 1. The Morgan fingerprint density at radius 1 is 1.13 bits per heavy atom. The van der Waals surface area contributed by atoms with E-state index in [2.05, 4.69) is 5.16 Å². The second kappa shape index (κ2) is 11.7. The number of halogens is 1. The molecule has 9 nitrogen and oxygen atoms in total. The molecule has 2 aromatic carbocycles. The van der Waals surface area contributed by atoms with Gasteiger partial charge in [-0.2, -0.15) is 0 Å². The molecular formula is C28H34ClNO8. The number of hydrogen-bond acceptors (Lipinski definition) is 9. The number of aliphatic hydroxyl groups excluding tert-OH is 3. The molecule has 1 unspecified atom stereocenters. The van der Waals surface area contributed by atoms with Crippen molar-refractivity contribution in [1.29, 1.82) is 0 Å². The van der Waals surface area contributed by atoms with Crippen molar-refractivity contribution < 1.29 is 39.2 Å². The third-order valence-electron chi connectivity index (χ3n) is 6.94. The summed E-state index contributed by atoms with van der Waals surface area (Å²) in [4.78, 5) is 17.1. The lowest BCUT2D eigenvalue weighted by Crippen LogP contribution is -2.65. The summed E-state index contributed by atoms with van der Waals surface area (Å²) in [5, 5.41) is 37.0. The Kier molecular flexibility index (Phi) is 8.76. The van der Waals surface area contributed by atoms with Gasteiger partial charge in [0.15, 0.2) is 5.60 Å². The maximum atomic E-state index is 12.0. The highest BCUT2D eigenvalue weighted by Gasteiger charge is 2.67. The molecule has 4 rings (SSSR count). The van der Waals surface area contributed by atoms with Crippen LogP contribution in [0.3, 0.4) is 0 Å². The average molecular weight is 548 g/mol. The number of hydrogen-bond donors (Lipinski definition) is 3. The second-order valence-electron chi connectivity index (χ2n) is 9.69. The van der Waals surface area contributed by atoms with Gasteiger partial charge in [-0.15, -0.1) is 0 Å². The lowest BCUT2D eigenvalue weighted by atomic mass is 9.83. The number of rotatable bonds is 10. The van der Waals surface area contributed by atoms with Crippen molar-refractivity contribution in [3.05, 3.63) is 69.7 Å². The van der Waals surface area contributed by atoms with Gasteiger partial charge in [0.2, 0.25) is 5.79 Å². The van der Waals surface area contributed by atoms with E-state index in [0.717, 1.165) is 22.4 Å². The van der Waals surface area contributed by atoms with E-state index in [9.17, 15) is 20.1 Å². The van der Waals surface area contributed by atoms with Crippen LogP contribution in [0.2, 0.25) is 5.02 Å². The molecule has 3 N–H and O–H groups in total. The van der Waals surface area contributed by atoms with Crippen LogP contribution in [0.15, 0.2) is 47.6 Å². The van der Waals surface area contributed by atoms with Crippen molar-refractivity contribution in [2.75, 3.05) is 19.8 Å². The maximum Gasteiger partial charge on any atom is 0.305 e. The van der Waals surface area contributed by atoms with Crippen LogP contribution in [0, 0.1) is 0 Å². The number of carbonyl (C=O) groups is 1. The number of carbonyl (C=O) groups excluding carboxylic acids is 1. The van der Waals surface area contributed by atoms with Crippen molar-refractivity contribution in [2.45, 2.75) is 69.7 Å². The lowest BCUT2D eigenvalue weighted by molar-refractivity contribution is -0.330. The highest BCUT2D eigenvalue weighted by atomic mass is 35.5. The summed E-state index contributed by atoms with van der Waals surface area (Å²) in [5.74, 6) is -2.22. The molecule has 10 heteroatoms. The number of ether oxygens (including phenoxy) is 3. The monoisotopic (exact) mass is 547 g/mol. The molecule has 0 saturated carbocycles. The van der Waals surface area contributed by atoms with Gasteiger partial charge >= 0.3 is 5.97 Å². The van der Waals surface area contributed by atoms with E-state index in [1.54, 1.807) is 18.2 Å². The Morgan fingerprint density at radius 2 is 1.87 bits per heavy atom. The van der Waals surface area contributed by atoms with Crippen molar-refractivity contribution in [3.8, 4) is 0 Å². The fraction of sp³-hybridized carbons (Fsp3) is 0.500. The SMILES string of the molecule is CCCC(=O)OC[C@@]12CO[C@@](c3ccc(Cl)c(Cc4ccc(/C(C)=N/OCC)cc4)c3)(O1)[C@H](O)C(O)[C@@H]2O. The zero-order valence-corrected chi connectivity index (χ0v) is 22.5. The fourth-order valence-corrected chi connectivity index (χ4v) is 4.95. The van der Waals surface area contributed by atoms with Gasteiger partial charge in [-0.3, -0.25) is 4.79 Å². The number of nitrogens with zero attached hydrogens (tertiary/aromatic N) is 1. The van der Waals surface area contributed by atoms with Gasteiger partial charge in [0.05, 0.1) is 12.3 Å². The van der Waals surface area contributed by atoms with E-state index < -0.39 is 35.7 Å². The van der Waals surface area contributed by atoms with Crippen molar-refractivity contribution >= 4 is 23.3 Å². The molecule has 0 spiro atoms. The van der Waals surface area contributed by atoms with E-state index in [-0.39, 0.29) is 19.6 Å².